The lowest BCUT2D eigenvalue weighted by Gasteiger charge is -2.09. The van der Waals surface area contributed by atoms with E-state index in [4.69, 9.17) is 9.52 Å². The predicted molar refractivity (Wildman–Crippen MR) is 68.9 cm³/mol. The molecule has 112 valence electrons. The number of carboxylic acids is 1. The molecule has 0 fully saturated rings. The quantitative estimate of drug-likeness (QED) is 0.683. The van der Waals surface area contributed by atoms with Gasteiger partial charge in [0.1, 0.15) is 10.7 Å². The van der Waals surface area contributed by atoms with Crippen molar-refractivity contribution in [2.45, 2.75) is 31.7 Å². The Kier molecular flexibility index (Phi) is 4.90. The molecule has 3 N–H and O–H groups in total. The summed E-state index contributed by atoms with van der Waals surface area (Å²) in [6, 6.07) is 0.793. The Morgan fingerprint density at radius 2 is 2.00 bits per heavy atom. The molecule has 0 radical (unpaired) electrons. The van der Waals surface area contributed by atoms with Crippen LogP contribution in [0, 0.1) is 6.92 Å². The van der Waals surface area contributed by atoms with E-state index < -0.39 is 34.2 Å². The van der Waals surface area contributed by atoms with Gasteiger partial charge in [0.15, 0.2) is 0 Å². The van der Waals surface area contributed by atoms with Crippen molar-refractivity contribution in [2.24, 2.45) is 0 Å². The molecule has 1 aromatic heterocycles. The van der Waals surface area contributed by atoms with E-state index in [0.717, 1.165) is 6.07 Å². The summed E-state index contributed by atoms with van der Waals surface area (Å²) in [5.74, 6) is -2.39. The van der Waals surface area contributed by atoms with Crippen molar-refractivity contribution in [3.8, 4) is 0 Å². The summed E-state index contributed by atoms with van der Waals surface area (Å²) in [5, 5.41) is 11.3. The van der Waals surface area contributed by atoms with E-state index in [1.165, 1.54) is 6.92 Å². The van der Waals surface area contributed by atoms with Crippen LogP contribution in [0.5, 0.6) is 0 Å². The van der Waals surface area contributed by atoms with Gasteiger partial charge in [-0.05, 0) is 20.8 Å². The Morgan fingerprint density at radius 3 is 2.45 bits per heavy atom. The van der Waals surface area contributed by atoms with E-state index in [-0.39, 0.29) is 16.7 Å². The SMILES string of the molecule is Cc1oc(C(=O)O)cc1S(=O)(=O)NCC(=O)NC(C)C. The van der Waals surface area contributed by atoms with Crippen molar-refractivity contribution >= 4 is 21.9 Å². The smallest absolute Gasteiger partial charge is 0.371 e. The van der Waals surface area contributed by atoms with Gasteiger partial charge in [0.05, 0.1) is 6.54 Å². The third-order valence-corrected chi connectivity index (χ3v) is 3.75. The molecule has 0 saturated carbocycles. The van der Waals surface area contributed by atoms with Gasteiger partial charge in [0.25, 0.3) is 0 Å². The van der Waals surface area contributed by atoms with Gasteiger partial charge in [0, 0.05) is 12.1 Å². The highest BCUT2D eigenvalue weighted by molar-refractivity contribution is 7.89. The molecule has 9 heteroatoms. The minimum atomic E-state index is -4.00. The second-order valence-corrected chi connectivity index (χ2v) is 6.12. The molecule has 1 rings (SSSR count). The normalized spacial score (nSPS) is 11.6. The van der Waals surface area contributed by atoms with E-state index >= 15 is 0 Å². The molecule has 0 aliphatic carbocycles. The summed E-state index contributed by atoms with van der Waals surface area (Å²) in [6.45, 7) is 4.38. The standard InChI is InChI=1S/C11H16N2O6S/c1-6(2)13-10(14)5-12-20(17,18)9-4-8(11(15)16)19-7(9)3/h4,6,12H,5H2,1-3H3,(H,13,14)(H,15,16). The van der Waals surface area contributed by atoms with Crippen LogP contribution < -0.4 is 10.0 Å². The second kappa shape index (κ2) is 6.06. The van der Waals surface area contributed by atoms with Gasteiger partial charge in [0.2, 0.25) is 21.7 Å². The molecular weight excluding hydrogens is 288 g/mol. The number of furan rings is 1. The highest BCUT2D eigenvalue weighted by Crippen LogP contribution is 2.19. The van der Waals surface area contributed by atoms with E-state index in [9.17, 15) is 18.0 Å². The Balaban J connectivity index is 2.84. The third-order valence-electron chi connectivity index (χ3n) is 2.24. The lowest BCUT2D eigenvalue weighted by atomic mass is 10.4. The molecule has 0 spiro atoms. The number of carboxylic acid groups (broad SMARTS) is 1. The summed E-state index contributed by atoms with van der Waals surface area (Å²) in [5.41, 5.74) is 0. The molecule has 1 amide bonds. The molecular formula is C11H16N2O6S. The number of carbonyl (C=O) groups excluding carboxylic acids is 1. The monoisotopic (exact) mass is 304 g/mol. The van der Waals surface area contributed by atoms with Crippen molar-refractivity contribution in [3.63, 3.8) is 0 Å². The molecule has 1 heterocycles. The zero-order chi connectivity index (χ0) is 15.5. The first-order chi connectivity index (χ1) is 9.13. The molecule has 0 saturated heterocycles. The summed E-state index contributed by atoms with van der Waals surface area (Å²) in [7, 11) is -4.00. The Bertz CT molecular complexity index is 617. The summed E-state index contributed by atoms with van der Waals surface area (Å²) in [4.78, 5) is 21.8. The van der Waals surface area contributed by atoms with E-state index in [0.29, 0.717) is 0 Å². The number of aryl methyl sites for hydroxylation is 1. The largest absolute Gasteiger partial charge is 0.475 e. The first kappa shape index (κ1) is 16.2. The molecule has 0 atom stereocenters. The summed E-state index contributed by atoms with van der Waals surface area (Å²) >= 11 is 0. The van der Waals surface area contributed by atoms with Gasteiger partial charge < -0.3 is 14.8 Å². The summed E-state index contributed by atoms with van der Waals surface area (Å²) < 4.78 is 30.8. The van der Waals surface area contributed by atoms with E-state index in [1.807, 2.05) is 0 Å². The van der Waals surface area contributed by atoms with Crippen LogP contribution in [0.1, 0.15) is 30.2 Å². The Morgan fingerprint density at radius 1 is 1.40 bits per heavy atom. The first-order valence-corrected chi connectivity index (χ1v) is 7.24. The van der Waals surface area contributed by atoms with Crippen LogP contribution in [0.15, 0.2) is 15.4 Å². The number of rotatable bonds is 6. The fraction of sp³-hybridized carbons (Fsp3) is 0.455. The minimum absolute atomic E-state index is 0.0563. The average Bonchev–Trinajstić information content (AvgIpc) is 2.69. The maximum absolute atomic E-state index is 11.9. The highest BCUT2D eigenvalue weighted by Gasteiger charge is 2.24. The van der Waals surface area contributed by atoms with Gasteiger partial charge in [-0.2, -0.15) is 0 Å². The molecule has 0 aromatic carbocycles. The number of amides is 1. The van der Waals surface area contributed by atoms with Crippen molar-refractivity contribution in [3.05, 3.63) is 17.6 Å². The van der Waals surface area contributed by atoms with Crippen molar-refractivity contribution in [1.29, 1.82) is 0 Å². The number of hydrogen-bond donors (Lipinski definition) is 3. The average molecular weight is 304 g/mol. The topological polar surface area (TPSA) is 126 Å². The van der Waals surface area contributed by atoms with Crippen LogP contribution in [0.2, 0.25) is 0 Å². The minimum Gasteiger partial charge on any atom is -0.475 e. The Hall–Kier alpha value is -1.87. The van der Waals surface area contributed by atoms with Crippen LogP contribution >= 0.6 is 0 Å². The van der Waals surface area contributed by atoms with Crippen LogP contribution in [-0.2, 0) is 14.8 Å². The third kappa shape index (κ3) is 4.07. The molecule has 0 aliphatic heterocycles. The van der Waals surface area contributed by atoms with Crippen molar-refractivity contribution in [2.75, 3.05) is 6.54 Å². The van der Waals surface area contributed by atoms with Crippen LogP contribution in [0.4, 0.5) is 0 Å². The van der Waals surface area contributed by atoms with E-state index in [2.05, 4.69) is 10.0 Å². The van der Waals surface area contributed by atoms with Crippen LogP contribution in [0.3, 0.4) is 0 Å². The predicted octanol–water partition coefficient (Wildman–Crippen LogP) is 0.0891. The number of nitrogens with one attached hydrogen (secondary N) is 2. The van der Waals surface area contributed by atoms with E-state index in [1.54, 1.807) is 13.8 Å². The summed E-state index contributed by atoms with van der Waals surface area (Å²) in [6.07, 6.45) is 0. The number of carbonyl (C=O) groups is 2. The van der Waals surface area contributed by atoms with Crippen LogP contribution in [-0.4, -0.2) is 38.0 Å². The van der Waals surface area contributed by atoms with Gasteiger partial charge in [-0.25, -0.2) is 17.9 Å². The maximum Gasteiger partial charge on any atom is 0.371 e. The Labute approximate surface area is 116 Å². The fourth-order valence-corrected chi connectivity index (χ4v) is 2.61. The van der Waals surface area contributed by atoms with Gasteiger partial charge in [-0.1, -0.05) is 0 Å². The van der Waals surface area contributed by atoms with Crippen molar-refractivity contribution < 1.29 is 27.5 Å². The number of hydrogen-bond acceptors (Lipinski definition) is 5. The van der Waals surface area contributed by atoms with Gasteiger partial charge >= 0.3 is 5.97 Å². The molecule has 8 nitrogen and oxygen atoms in total. The second-order valence-electron chi connectivity index (χ2n) is 4.38. The molecule has 0 aliphatic rings. The lowest BCUT2D eigenvalue weighted by molar-refractivity contribution is -0.120. The van der Waals surface area contributed by atoms with Crippen LogP contribution in [0.25, 0.3) is 0 Å². The maximum atomic E-state index is 11.9. The molecule has 0 unspecified atom stereocenters. The number of aromatic carboxylic acids is 1. The zero-order valence-corrected chi connectivity index (χ0v) is 12.1. The molecule has 20 heavy (non-hydrogen) atoms. The van der Waals surface area contributed by atoms with Gasteiger partial charge in [-0.3, -0.25) is 4.79 Å². The molecule has 1 aromatic rings. The molecule has 0 bridgehead atoms. The van der Waals surface area contributed by atoms with Gasteiger partial charge in [-0.15, -0.1) is 0 Å². The van der Waals surface area contributed by atoms with Crippen molar-refractivity contribution in [1.82, 2.24) is 10.0 Å². The zero-order valence-electron chi connectivity index (χ0n) is 11.3. The highest BCUT2D eigenvalue weighted by atomic mass is 32.2. The first-order valence-electron chi connectivity index (χ1n) is 5.76. The lowest BCUT2D eigenvalue weighted by Crippen LogP contribution is -2.39. The number of sulfonamides is 1. The fourth-order valence-electron chi connectivity index (χ4n) is 1.45.